The second-order valence-electron chi connectivity index (χ2n) is 4.04. The van der Waals surface area contributed by atoms with E-state index in [9.17, 15) is 4.79 Å². The van der Waals surface area contributed by atoms with Crippen molar-refractivity contribution in [3.63, 3.8) is 0 Å². The zero-order valence-electron chi connectivity index (χ0n) is 10.4. The summed E-state index contributed by atoms with van der Waals surface area (Å²) in [6.45, 7) is 3.83. The molecule has 0 radical (unpaired) electrons. The van der Waals surface area contributed by atoms with Crippen molar-refractivity contribution < 1.29 is 9.53 Å². The maximum atomic E-state index is 12.2. The highest BCUT2D eigenvalue weighted by Crippen LogP contribution is 2.36. The molecule has 5 heteroatoms. The lowest BCUT2D eigenvalue weighted by atomic mass is 10.2. The first kappa shape index (κ1) is 13.1. The van der Waals surface area contributed by atoms with Gasteiger partial charge in [0.25, 0.3) is 5.91 Å². The zero-order chi connectivity index (χ0) is 13.3. The predicted octanol–water partition coefficient (Wildman–Crippen LogP) is 3.35. The molecule has 18 heavy (non-hydrogen) atoms. The number of benzene rings is 1. The second kappa shape index (κ2) is 5.12. The highest BCUT2D eigenvalue weighted by molar-refractivity contribution is 8.27. The zero-order valence-corrected chi connectivity index (χ0v) is 12.0. The largest absolute Gasteiger partial charge is 0.497 e. The quantitative estimate of drug-likeness (QED) is 0.613. The summed E-state index contributed by atoms with van der Waals surface area (Å²) in [4.78, 5) is 14.5. The first-order valence-electron chi connectivity index (χ1n) is 5.42. The lowest BCUT2D eigenvalue weighted by molar-refractivity contribution is -0.113. The fourth-order valence-corrected chi connectivity index (χ4v) is 2.91. The molecule has 0 aliphatic carbocycles. The van der Waals surface area contributed by atoms with Crippen molar-refractivity contribution in [3.05, 3.63) is 34.7 Å². The molecule has 0 aromatic heterocycles. The Kier molecular flexibility index (Phi) is 3.73. The van der Waals surface area contributed by atoms with E-state index in [0.29, 0.717) is 4.32 Å². The number of hydrogen-bond acceptors (Lipinski definition) is 4. The van der Waals surface area contributed by atoms with Gasteiger partial charge in [-0.05, 0) is 38.1 Å². The number of rotatable bonds is 2. The highest BCUT2D eigenvalue weighted by Gasteiger charge is 2.33. The summed E-state index contributed by atoms with van der Waals surface area (Å²) in [6, 6.07) is 7.29. The molecule has 1 aromatic rings. The Labute approximate surface area is 116 Å². The van der Waals surface area contributed by atoms with E-state index in [1.54, 1.807) is 12.0 Å². The molecule has 0 N–H and O–H groups in total. The van der Waals surface area contributed by atoms with Gasteiger partial charge < -0.3 is 4.74 Å². The first-order chi connectivity index (χ1) is 8.54. The maximum Gasteiger partial charge on any atom is 0.270 e. The van der Waals surface area contributed by atoms with Crippen LogP contribution >= 0.6 is 24.0 Å². The predicted molar refractivity (Wildman–Crippen MR) is 79.0 cm³/mol. The van der Waals surface area contributed by atoms with E-state index in [4.69, 9.17) is 17.0 Å². The third-order valence-corrected chi connectivity index (χ3v) is 4.13. The van der Waals surface area contributed by atoms with Gasteiger partial charge in [-0.1, -0.05) is 29.6 Å². The number of carbonyl (C=O) groups excluding carboxylic acids is 1. The van der Waals surface area contributed by atoms with E-state index >= 15 is 0 Å². The average Bonchev–Trinajstić information content (AvgIpc) is 2.65. The Morgan fingerprint density at radius 3 is 2.33 bits per heavy atom. The molecule has 0 spiro atoms. The van der Waals surface area contributed by atoms with Crippen molar-refractivity contribution >= 4 is 39.9 Å². The van der Waals surface area contributed by atoms with E-state index in [2.05, 4.69) is 0 Å². The number of allylic oxidation sites excluding steroid dienone is 1. The number of methoxy groups -OCH3 is 1. The van der Waals surface area contributed by atoms with Crippen molar-refractivity contribution in [1.82, 2.24) is 0 Å². The number of thioether (sulfide) groups is 1. The van der Waals surface area contributed by atoms with Crippen LogP contribution in [0.5, 0.6) is 5.75 Å². The van der Waals surface area contributed by atoms with Crippen LogP contribution < -0.4 is 9.64 Å². The van der Waals surface area contributed by atoms with Crippen molar-refractivity contribution in [2.24, 2.45) is 0 Å². The van der Waals surface area contributed by atoms with E-state index in [1.165, 1.54) is 11.8 Å². The minimum atomic E-state index is -0.0461. The molecule has 1 aliphatic rings. The van der Waals surface area contributed by atoms with Gasteiger partial charge in [0.05, 0.1) is 17.7 Å². The first-order valence-corrected chi connectivity index (χ1v) is 6.65. The van der Waals surface area contributed by atoms with Crippen LogP contribution in [0.25, 0.3) is 0 Å². The van der Waals surface area contributed by atoms with Gasteiger partial charge in [-0.15, -0.1) is 0 Å². The molecule has 1 fully saturated rings. The summed E-state index contributed by atoms with van der Waals surface area (Å²) in [5.74, 6) is 0.710. The van der Waals surface area contributed by atoms with Crippen molar-refractivity contribution in [3.8, 4) is 5.75 Å². The monoisotopic (exact) mass is 279 g/mol. The third-order valence-electron chi connectivity index (χ3n) is 2.55. The molecular formula is C13H13NO2S2. The number of nitrogens with zero attached hydrogens (tertiary/aromatic N) is 1. The van der Waals surface area contributed by atoms with E-state index in [1.807, 2.05) is 38.1 Å². The summed E-state index contributed by atoms with van der Waals surface area (Å²) in [6.07, 6.45) is 0. The molecule has 2 rings (SSSR count). The molecule has 1 saturated heterocycles. The van der Waals surface area contributed by atoms with Crippen LogP contribution in [-0.4, -0.2) is 17.3 Å². The Morgan fingerprint density at radius 1 is 1.28 bits per heavy atom. The molecule has 1 aromatic carbocycles. The van der Waals surface area contributed by atoms with Crippen LogP contribution in [0.3, 0.4) is 0 Å². The van der Waals surface area contributed by atoms with Crippen LogP contribution in [0.4, 0.5) is 5.69 Å². The lowest BCUT2D eigenvalue weighted by Gasteiger charge is -2.14. The number of ether oxygens (including phenoxy) is 1. The third kappa shape index (κ3) is 2.28. The molecule has 3 nitrogen and oxygen atoms in total. The number of amides is 1. The Bertz CT molecular complexity index is 530. The minimum Gasteiger partial charge on any atom is -0.497 e. The van der Waals surface area contributed by atoms with Gasteiger partial charge >= 0.3 is 0 Å². The highest BCUT2D eigenvalue weighted by atomic mass is 32.2. The van der Waals surface area contributed by atoms with Crippen LogP contribution in [0.15, 0.2) is 34.7 Å². The van der Waals surface area contributed by atoms with Crippen molar-refractivity contribution in [2.75, 3.05) is 12.0 Å². The maximum absolute atomic E-state index is 12.2. The molecule has 1 amide bonds. The number of carbonyl (C=O) groups is 1. The standard InChI is InChI=1S/C13H13NO2S2/c1-8(2)11-12(15)14(13(17)18-11)9-4-6-10(16-3)7-5-9/h4-7H,1-3H3. The summed E-state index contributed by atoms with van der Waals surface area (Å²) in [5.41, 5.74) is 1.76. The van der Waals surface area contributed by atoms with Gasteiger partial charge in [-0.25, -0.2) is 0 Å². The molecule has 0 bridgehead atoms. The summed E-state index contributed by atoms with van der Waals surface area (Å²) < 4.78 is 5.66. The minimum absolute atomic E-state index is 0.0461. The van der Waals surface area contributed by atoms with Gasteiger partial charge in [0.15, 0.2) is 4.32 Å². The normalized spacial score (nSPS) is 15.3. The topological polar surface area (TPSA) is 29.5 Å². The second-order valence-corrected chi connectivity index (χ2v) is 5.68. The number of anilines is 1. The van der Waals surface area contributed by atoms with Gasteiger partial charge in [0, 0.05) is 0 Å². The van der Waals surface area contributed by atoms with Gasteiger partial charge in [-0.3, -0.25) is 9.69 Å². The Balaban J connectivity index is 2.36. The fraction of sp³-hybridized carbons (Fsp3) is 0.231. The summed E-state index contributed by atoms with van der Waals surface area (Å²) in [7, 11) is 1.61. The summed E-state index contributed by atoms with van der Waals surface area (Å²) >= 11 is 6.61. The van der Waals surface area contributed by atoms with Crippen LogP contribution in [0.2, 0.25) is 0 Å². The smallest absolute Gasteiger partial charge is 0.270 e. The van der Waals surface area contributed by atoms with E-state index in [0.717, 1.165) is 21.9 Å². The van der Waals surface area contributed by atoms with E-state index < -0.39 is 0 Å². The Morgan fingerprint density at radius 2 is 1.89 bits per heavy atom. The molecule has 1 heterocycles. The number of thiocarbonyl (C=S) groups is 1. The van der Waals surface area contributed by atoms with Crippen molar-refractivity contribution in [2.45, 2.75) is 13.8 Å². The van der Waals surface area contributed by atoms with Gasteiger partial charge in [0.2, 0.25) is 0 Å². The molecule has 94 valence electrons. The van der Waals surface area contributed by atoms with E-state index in [-0.39, 0.29) is 5.91 Å². The van der Waals surface area contributed by atoms with Crippen LogP contribution in [0, 0.1) is 0 Å². The SMILES string of the molecule is COc1ccc(N2C(=O)C(=C(C)C)SC2=S)cc1. The fourth-order valence-electron chi connectivity index (χ4n) is 1.63. The molecule has 0 saturated carbocycles. The lowest BCUT2D eigenvalue weighted by Crippen LogP contribution is -2.27. The van der Waals surface area contributed by atoms with Crippen molar-refractivity contribution in [1.29, 1.82) is 0 Å². The molecule has 0 unspecified atom stereocenters. The number of hydrogen-bond donors (Lipinski definition) is 0. The molecule has 0 atom stereocenters. The average molecular weight is 279 g/mol. The molecular weight excluding hydrogens is 266 g/mol. The summed E-state index contributed by atoms with van der Waals surface area (Å²) in [5, 5.41) is 0. The molecule has 1 aliphatic heterocycles. The van der Waals surface area contributed by atoms with Crippen LogP contribution in [-0.2, 0) is 4.79 Å². The van der Waals surface area contributed by atoms with Crippen LogP contribution in [0.1, 0.15) is 13.8 Å². The van der Waals surface area contributed by atoms with Gasteiger partial charge in [-0.2, -0.15) is 0 Å². The Hall–Kier alpha value is -1.33. The van der Waals surface area contributed by atoms with Gasteiger partial charge in [0.1, 0.15) is 5.75 Å².